The standard InChI is InChI=1S/C13H17ClN4OS/c1-2-7-18-12(19)16-17-13(18)20-11-4-3-10(14)8-9(11)5-6-15/h3-4,8H,2,5-7,15H2,1H3,(H,16,19). The lowest BCUT2D eigenvalue weighted by Gasteiger charge is -2.09. The molecule has 0 amide bonds. The summed E-state index contributed by atoms with van der Waals surface area (Å²) in [4.78, 5) is 12.7. The number of H-pyrrole nitrogens is 1. The van der Waals surface area contributed by atoms with E-state index in [2.05, 4.69) is 10.2 Å². The van der Waals surface area contributed by atoms with E-state index in [1.165, 1.54) is 11.8 Å². The lowest BCUT2D eigenvalue weighted by molar-refractivity contribution is 0.604. The van der Waals surface area contributed by atoms with Crippen LogP contribution in [0.2, 0.25) is 5.02 Å². The van der Waals surface area contributed by atoms with Gasteiger partial charge in [-0.1, -0.05) is 18.5 Å². The van der Waals surface area contributed by atoms with Crippen LogP contribution < -0.4 is 11.4 Å². The van der Waals surface area contributed by atoms with Gasteiger partial charge in [0.15, 0.2) is 5.16 Å². The molecule has 0 atom stereocenters. The molecule has 0 aliphatic heterocycles. The number of nitrogens with zero attached hydrogens (tertiary/aromatic N) is 2. The van der Waals surface area contributed by atoms with Crippen molar-refractivity contribution in [2.75, 3.05) is 6.54 Å². The van der Waals surface area contributed by atoms with E-state index in [1.54, 1.807) is 4.57 Å². The number of rotatable bonds is 6. The van der Waals surface area contributed by atoms with Crippen LogP contribution in [-0.4, -0.2) is 21.3 Å². The number of halogens is 1. The highest BCUT2D eigenvalue weighted by Gasteiger charge is 2.12. The summed E-state index contributed by atoms with van der Waals surface area (Å²) in [7, 11) is 0. The van der Waals surface area contributed by atoms with Gasteiger partial charge in [-0.3, -0.25) is 4.57 Å². The molecule has 0 spiro atoms. The summed E-state index contributed by atoms with van der Waals surface area (Å²) < 4.78 is 1.64. The van der Waals surface area contributed by atoms with E-state index in [9.17, 15) is 4.79 Å². The number of aromatic nitrogens is 3. The third-order valence-electron chi connectivity index (χ3n) is 2.81. The number of nitrogens with two attached hydrogens (primary N) is 1. The molecule has 0 fully saturated rings. The van der Waals surface area contributed by atoms with E-state index in [0.717, 1.165) is 23.3 Å². The van der Waals surface area contributed by atoms with Crippen molar-refractivity contribution >= 4 is 23.4 Å². The van der Waals surface area contributed by atoms with Crippen molar-refractivity contribution in [2.24, 2.45) is 5.73 Å². The third-order valence-corrected chi connectivity index (χ3v) is 4.16. The summed E-state index contributed by atoms with van der Waals surface area (Å²) in [5.74, 6) is 0. The fourth-order valence-corrected chi connectivity index (χ4v) is 3.09. The zero-order valence-electron chi connectivity index (χ0n) is 11.2. The zero-order chi connectivity index (χ0) is 14.5. The van der Waals surface area contributed by atoms with Crippen LogP contribution in [0.15, 0.2) is 33.0 Å². The van der Waals surface area contributed by atoms with Gasteiger partial charge >= 0.3 is 5.69 Å². The highest BCUT2D eigenvalue weighted by atomic mass is 35.5. The number of nitrogens with one attached hydrogen (secondary N) is 1. The SMILES string of the molecule is CCCn1c(Sc2ccc(Cl)cc2CCN)n[nH]c1=O. The van der Waals surface area contributed by atoms with Crippen molar-refractivity contribution in [3.05, 3.63) is 39.3 Å². The van der Waals surface area contributed by atoms with Crippen LogP contribution in [0.5, 0.6) is 0 Å². The summed E-state index contributed by atoms with van der Waals surface area (Å²) in [6, 6.07) is 5.68. The van der Waals surface area contributed by atoms with E-state index in [-0.39, 0.29) is 5.69 Å². The van der Waals surface area contributed by atoms with Crippen molar-refractivity contribution in [3.63, 3.8) is 0 Å². The van der Waals surface area contributed by atoms with Crippen LogP contribution in [0.4, 0.5) is 0 Å². The number of hydrogen-bond donors (Lipinski definition) is 2. The average Bonchev–Trinajstić information content (AvgIpc) is 2.75. The predicted octanol–water partition coefficient (Wildman–Crippen LogP) is 2.29. The second kappa shape index (κ2) is 6.97. The Labute approximate surface area is 126 Å². The van der Waals surface area contributed by atoms with Crippen molar-refractivity contribution < 1.29 is 0 Å². The minimum atomic E-state index is -0.177. The van der Waals surface area contributed by atoms with Gasteiger partial charge in [-0.05, 0) is 54.9 Å². The van der Waals surface area contributed by atoms with E-state index in [4.69, 9.17) is 17.3 Å². The molecule has 108 valence electrons. The molecule has 1 aromatic carbocycles. The predicted molar refractivity (Wildman–Crippen MR) is 81.5 cm³/mol. The Bertz CT molecular complexity index is 638. The van der Waals surface area contributed by atoms with Gasteiger partial charge in [-0.15, -0.1) is 5.10 Å². The third kappa shape index (κ3) is 3.45. The van der Waals surface area contributed by atoms with Gasteiger partial charge < -0.3 is 5.73 Å². The number of benzene rings is 1. The summed E-state index contributed by atoms with van der Waals surface area (Å²) in [5.41, 5.74) is 6.52. The van der Waals surface area contributed by atoms with Gasteiger partial charge in [0.1, 0.15) is 0 Å². The van der Waals surface area contributed by atoms with Crippen LogP contribution in [0.25, 0.3) is 0 Å². The Morgan fingerprint density at radius 2 is 2.30 bits per heavy atom. The maximum Gasteiger partial charge on any atom is 0.343 e. The van der Waals surface area contributed by atoms with Crippen LogP contribution in [0.1, 0.15) is 18.9 Å². The lowest BCUT2D eigenvalue weighted by Crippen LogP contribution is -2.17. The molecule has 1 aromatic heterocycles. The molecule has 0 aliphatic carbocycles. The van der Waals surface area contributed by atoms with E-state index in [1.807, 2.05) is 25.1 Å². The van der Waals surface area contributed by atoms with E-state index in [0.29, 0.717) is 23.3 Å². The van der Waals surface area contributed by atoms with Gasteiger partial charge in [0.05, 0.1) is 0 Å². The van der Waals surface area contributed by atoms with Crippen LogP contribution >= 0.6 is 23.4 Å². The first kappa shape index (κ1) is 15.2. The summed E-state index contributed by atoms with van der Waals surface area (Å²) in [6.45, 7) is 3.23. The molecule has 0 bridgehead atoms. The van der Waals surface area contributed by atoms with Crippen LogP contribution in [0, 0.1) is 0 Å². The Balaban J connectivity index is 2.32. The molecule has 0 saturated carbocycles. The molecule has 1 heterocycles. The second-order valence-corrected chi connectivity index (χ2v) is 5.80. The minimum absolute atomic E-state index is 0.177. The molecule has 5 nitrogen and oxygen atoms in total. The summed E-state index contributed by atoms with van der Waals surface area (Å²) in [5, 5.41) is 7.92. The van der Waals surface area contributed by atoms with Crippen LogP contribution in [0.3, 0.4) is 0 Å². The first-order valence-corrected chi connectivity index (χ1v) is 7.66. The average molecular weight is 313 g/mol. The summed E-state index contributed by atoms with van der Waals surface area (Å²) in [6.07, 6.45) is 1.62. The molecule has 0 saturated heterocycles. The lowest BCUT2D eigenvalue weighted by atomic mass is 10.1. The van der Waals surface area contributed by atoms with Gasteiger partial charge in [-0.25, -0.2) is 9.89 Å². The largest absolute Gasteiger partial charge is 0.343 e. The van der Waals surface area contributed by atoms with Crippen molar-refractivity contribution in [1.29, 1.82) is 0 Å². The Morgan fingerprint density at radius 1 is 1.50 bits per heavy atom. The normalized spacial score (nSPS) is 10.9. The van der Waals surface area contributed by atoms with Crippen molar-refractivity contribution in [2.45, 2.75) is 36.4 Å². The second-order valence-electron chi connectivity index (χ2n) is 4.36. The van der Waals surface area contributed by atoms with Gasteiger partial charge in [-0.2, -0.15) is 0 Å². The Kier molecular flexibility index (Phi) is 5.28. The topological polar surface area (TPSA) is 76.7 Å². The van der Waals surface area contributed by atoms with E-state index < -0.39 is 0 Å². The number of hydrogen-bond acceptors (Lipinski definition) is 4. The summed E-state index contributed by atoms with van der Waals surface area (Å²) >= 11 is 7.47. The van der Waals surface area contributed by atoms with Gasteiger partial charge in [0.25, 0.3) is 0 Å². The number of aromatic amines is 1. The Hall–Kier alpha value is -1.24. The fraction of sp³-hybridized carbons (Fsp3) is 0.385. The molecular formula is C13H17ClN4OS. The highest BCUT2D eigenvalue weighted by Crippen LogP contribution is 2.30. The quantitative estimate of drug-likeness (QED) is 0.858. The molecule has 0 unspecified atom stereocenters. The maximum atomic E-state index is 11.7. The minimum Gasteiger partial charge on any atom is -0.330 e. The zero-order valence-corrected chi connectivity index (χ0v) is 12.8. The first-order chi connectivity index (χ1) is 9.65. The highest BCUT2D eigenvalue weighted by molar-refractivity contribution is 7.99. The molecule has 7 heteroatoms. The molecular weight excluding hydrogens is 296 g/mol. The first-order valence-electron chi connectivity index (χ1n) is 6.47. The molecule has 2 aromatic rings. The van der Waals surface area contributed by atoms with Gasteiger partial charge in [0.2, 0.25) is 0 Å². The smallest absolute Gasteiger partial charge is 0.330 e. The van der Waals surface area contributed by atoms with Gasteiger partial charge in [0, 0.05) is 16.5 Å². The molecule has 2 rings (SSSR count). The Morgan fingerprint density at radius 3 is 3.00 bits per heavy atom. The van der Waals surface area contributed by atoms with Crippen LogP contribution in [-0.2, 0) is 13.0 Å². The fourth-order valence-electron chi connectivity index (χ4n) is 1.90. The van der Waals surface area contributed by atoms with Crippen molar-refractivity contribution in [3.8, 4) is 0 Å². The van der Waals surface area contributed by atoms with E-state index >= 15 is 0 Å². The molecule has 20 heavy (non-hydrogen) atoms. The molecule has 0 aliphatic rings. The van der Waals surface area contributed by atoms with Crippen molar-refractivity contribution in [1.82, 2.24) is 14.8 Å². The molecule has 0 radical (unpaired) electrons. The molecule has 3 N–H and O–H groups in total. The monoisotopic (exact) mass is 312 g/mol. The maximum absolute atomic E-state index is 11.7.